The number of rotatable bonds is 4. The monoisotopic (exact) mass is 368 g/mol. The minimum absolute atomic E-state index is 0.146. The molecule has 2 rings (SSSR count). The summed E-state index contributed by atoms with van der Waals surface area (Å²) in [6.07, 6.45) is 0. The summed E-state index contributed by atoms with van der Waals surface area (Å²) in [5.74, 6) is -0.239. The van der Waals surface area contributed by atoms with Gasteiger partial charge in [0, 0.05) is 16.7 Å². The maximum absolute atomic E-state index is 12.2. The second kappa shape index (κ2) is 7.90. The van der Waals surface area contributed by atoms with E-state index in [1.54, 1.807) is 12.1 Å². The Morgan fingerprint density at radius 2 is 1.46 bits per heavy atom. The molecule has 2 aromatic carbocycles. The van der Waals surface area contributed by atoms with Crippen molar-refractivity contribution in [2.75, 3.05) is 14.2 Å². The van der Waals surface area contributed by atoms with Gasteiger partial charge in [0.25, 0.3) is 11.8 Å². The van der Waals surface area contributed by atoms with Gasteiger partial charge in [0.1, 0.15) is 11.5 Å². The van der Waals surface area contributed by atoms with Crippen LogP contribution in [0.3, 0.4) is 0 Å². The smallest absolute Gasteiger partial charge is 0.271 e. The molecule has 6 nitrogen and oxygen atoms in total. The molecule has 126 valence electrons. The molecular formula is C16H14Cl2N2O4. The zero-order chi connectivity index (χ0) is 17.7. The van der Waals surface area contributed by atoms with E-state index in [1.807, 2.05) is 0 Å². The number of halogens is 2. The normalized spacial score (nSPS) is 10.0. The molecule has 0 aliphatic carbocycles. The van der Waals surface area contributed by atoms with E-state index < -0.39 is 11.8 Å². The maximum Gasteiger partial charge on any atom is 0.271 e. The lowest BCUT2D eigenvalue weighted by Crippen LogP contribution is -2.41. The molecule has 2 aromatic rings. The quantitative estimate of drug-likeness (QED) is 0.813. The first-order valence-corrected chi connectivity index (χ1v) is 7.49. The van der Waals surface area contributed by atoms with Crippen LogP contribution in [0.5, 0.6) is 11.5 Å². The van der Waals surface area contributed by atoms with Crippen LogP contribution in [0.2, 0.25) is 10.0 Å². The Morgan fingerprint density at radius 3 is 2.04 bits per heavy atom. The predicted octanol–water partition coefficient (Wildman–Crippen LogP) is 3.09. The number of hydrazine groups is 1. The minimum Gasteiger partial charge on any atom is -0.497 e. The third-order valence-corrected chi connectivity index (χ3v) is 3.64. The number of carbonyl (C=O) groups excluding carboxylic acids is 2. The highest BCUT2D eigenvalue weighted by Gasteiger charge is 2.14. The molecule has 2 N–H and O–H groups in total. The fourth-order valence-corrected chi connectivity index (χ4v) is 2.24. The lowest BCUT2D eigenvalue weighted by atomic mass is 10.2. The van der Waals surface area contributed by atoms with Crippen LogP contribution in [0.1, 0.15) is 20.7 Å². The number of benzene rings is 2. The Balaban J connectivity index is 2.10. The van der Waals surface area contributed by atoms with Gasteiger partial charge < -0.3 is 9.47 Å². The number of methoxy groups -OCH3 is 2. The summed E-state index contributed by atoms with van der Waals surface area (Å²) >= 11 is 11.8. The fraction of sp³-hybridized carbons (Fsp3) is 0.125. The standard InChI is InChI=1S/C16H14Cl2N2O4/c1-23-11-5-9(6-12(8-11)24-2)15(21)19-20-16(22)13-7-10(17)3-4-14(13)18/h3-8H,1-2H3,(H,19,21)(H,20,22). The summed E-state index contributed by atoms with van der Waals surface area (Å²) in [6.45, 7) is 0. The van der Waals surface area contributed by atoms with Crippen molar-refractivity contribution >= 4 is 35.0 Å². The molecule has 0 saturated heterocycles. The van der Waals surface area contributed by atoms with Gasteiger partial charge in [0.2, 0.25) is 0 Å². The van der Waals surface area contributed by atoms with Gasteiger partial charge in [-0.2, -0.15) is 0 Å². The summed E-state index contributed by atoms with van der Waals surface area (Å²) in [6, 6.07) is 9.10. The number of amides is 2. The van der Waals surface area contributed by atoms with Crippen LogP contribution < -0.4 is 20.3 Å². The highest BCUT2D eigenvalue weighted by atomic mass is 35.5. The van der Waals surface area contributed by atoms with Crippen molar-refractivity contribution in [1.82, 2.24) is 10.9 Å². The van der Waals surface area contributed by atoms with Gasteiger partial charge in [-0.05, 0) is 30.3 Å². The molecule has 0 aromatic heterocycles. The summed E-state index contributed by atoms with van der Waals surface area (Å²) in [7, 11) is 2.94. The van der Waals surface area contributed by atoms with E-state index >= 15 is 0 Å². The Morgan fingerprint density at radius 1 is 0.875 bits per heavy atom. The van der Waals surface area contributed by atoms with E-state index in [2.05, 4.69) is 10.9 Å². The molecule has 0 aliphatic rings. The van der Waals surface area contributed by atoms with Crippen molar-refractivity contribution in [1.29, 1.82) is 0 Å². The van der Waals surface area contributed by atoms with Crippen LogP contribution in [0.25, 0.3) is 0 Å². The second-order valence-corrected chi connectivity index (χ2v) is 5.48. The number of carbonyl (C=O) groups is 2. The highest BCUT2D eigenvalue weighted by molar-refractivity contribution is 6.35. The van der Waals surface area contributed by atoms with E-state index in [1.165, 1.54) is 38.5 Å². The zero-order valence-electron chi connectivity index (χ0n) is 12.9. The molecule has 0 saturated carbocycles. The number of nitrogens with one attached hydrogen (secondary N) is 2. The minimum atomic E-state index is -0.592. The van der Waals surface area contributed by atoms with Gasteiger partial charge in [-0.1, -0.05) is 23.2 Å². The van der Waals surface area contributed by atoms with E-state index in [9.17, 15) is 9.59 Å². The average Bonchev–Trinajstić information content (AvgIpc) is 2.60. The molecule has 0 spiro atoms. The second-order valence-electron chi connectivity index (χ2n) is 4.63. The number of hydrogen-bond donors (Lipinski definition) is 2. The lowest BCUT2D eigenvalue weighted by Gasteiger charge is -2.11. The molecule has 24 heavy (non-hydrogen) atoms. The Bertz CT molecular complexity index is 758. The van der Waals surface area contributed by atoms with Crippen molar-refractivity contribution in [3.05, 3.63) is 57.6 Å². The van der Waals surface area contributed by atoms with Crippen molar-refractivity contribution in [3.8, 4) is 11.5 Å². The van der Waals surface area contributed by atoms with E-state index in [0.29, 0.717) is 16.5 Å². The first kappa shape index (κ1) is 17.9. The first-order valence-electron chi connectivity index (χ1n) is 6.73. The van der Waals surface area contributed by atoms with Crippen LogP contribution in [0, 0.1) is 0 Å². The highest BCUT2D eigenvalue weighted by Crippen LogP contribution is 2.22. The third kappa shape index (κ3) is 4.31. The van der Waals surface area contributed by atoms with Gasteiger partial charge in [-0.3, -0.25) is 20.4 Å². The van der Waals surface area contributed by atoms with Crippen LogP contribution in [0.15, 0.2) is 36.4 Å². The van der Waals surface area contributed by atoms with Crippen LogP contribution in [-0.4, -0.2) is 26.0 Å². The Labute approximate surface area is 148 Å². The maximum atomic E-state index is 12.2. The molecule has 0 radical (unpaired) electrons. The van der Waals surface area contributed by atoms with Crippen LogP contribution >= 0.6 is 23.2 Å². The third-order valence-electron chi connectivity index (χ3n) is 3.08. The Hall–Kier alpha value is -2.44. The first-order chi connectivity index (χ1) is 11.4. The molecule has 0 atom stereocenters. The van der Waals surface area contributed by atoms with Crippen LogP contribution in [-0.2, 0) is 0 Å². The molecule has 0 unspecified atom stereocenters. The summed E-state index contributed by atoms with van der Waals surface area (Å²) in [4.78, 5) is 24.3. The molecule has 0 aliphatic heterocycles. The molecule has 0 fully saturated rings. The summed E-state index contributed by atoms with van der Waals surface area (Å²) in [5, 5.41) is 0.572. The van der Waals surface area contributed by atoms with Gasteiger partial charge >= 0.3 is 0 Å². The van der Waals surface area contributed by atoms with Crippen LogP contribution in [0.4, 0.5) is 0 Å². The predicted molar refractivity (Wildman–Crippen MR) is 90.9 cm³/mol. The Kier molecular flexibility index (Phi) is 5.89. The average molecular weight is 369 g/mol. The molecule has 2 amide bonds. The van der Waals surface area contributed by atoms with E-state index in [-0.39, 0.29) is 16.1 Å². The molecule has 0 heterocycles. The van der Waals surface area contributed by atoms with E-state index in [4.69, 9.17) is 32.7 Å². The molecule has 8 heteroatoms. The number of hydrogen-bond acceptors (Lipinski definition) is 4. The molecular weight excluding hydrogens is 355 g/mol. The van der Waals surface area contributed by atoms with Crippen molar-refractivity contribution in [2.45, 2.75) is 0 Å². The zero-order valence-corrected chi connectivity index (χ0v) is 14.4. The van der Waals surface area contributed by atoms with E-state index in [0.717, 1.165) is 0 Å². The largest absolute Gasteiger partial charge is 0.497 e. The lowest BCUT2D eigenvalue weighted by molar-refractivity contribution is 0.0846. The number of ether oxygens (including phenoxy) is 2. The van der Waals surface area contributed by atoms with Crippen molar-refractivity contribution in [2.24, 2.45) is 0 Å². The summed E-state index contributed by atoms with van der Waals surface area (Å²) < 4.78 is 10.2. The topological polar surface area (TPSA) is 76.7 Å². The SMILES string of the molecule is COc1cc(OC)cc(C(=O)NNC(=O)c2cc(Cl)ccc2Cl)c1. The fourth-order valence-electron chi connectivity index (χ4n) is 1.86. The summed E-state index contributed by atoms with van der Waals surface area (Å²) in [5.41, 5.74) is 4.97. The van der Waals surface area contributed by atoms with Gasteiger partial charge in [0.15, 0.2) is 0 Å². The van der Waals surface area contributed by atoms with Crippen molar-refractivity contribution < 1.29 is 19.1 Å². The molecule has 0 bridgehead atoms. The van der Waals surface area contributed by atoms with Gasteiger partial charge in [-0.25, -0.2) is 0 Å². The van der Waals surface area contributed by atoms with Crippen molar-refractivity contribution in [3.63, 3.8) is 0 Å². The van der Waals surface area contributed by atoms with Gasteiger partial charge in [0.05, 0.1) is 24.8 Å². The van der Waals surface area contributed by atoms with Gasteiger partial charge in [-0.15, -0.1) is 0 Å².